The Bertz CT molecular complexity index is 434. The van der Waals surface area contributed by atoms with E-state index in [9.17, 15) is 4.79 Å². The van der Waals surface area contributed by atoms with Crippen molar-refractivity contribution in [2.45, 2.75) is 0 Å². The van der Waals surface area contributed by atoms with Gasteiger partial charge in [0, 0.05) is 12.4 Å². The van der Waals surface area contributed by atoms with E-state index in [1.165, 1.54) is 6.20 Å². The van der Waals surface area contributed by atoms with E-state index in [2.05, 4.69) is 9.97 Å². The number of hydrogen-bond donors (Lipinski definition) is 1. The summed E-state index contributed by atoms with van der Waals surface area (Å²) < 4.78 is 1.64. The standard InChI is InChI=1S/C7H6N4O/c8-7(12)5-1-10-6-2-9-4-11(6)3-5/h1-4H,(H2,8,12). The minimum Gasteiger partial charge on any atom is -0.366 e. The fourth-order valence-electron chi connectivity index (χ4n) is 0.943. The molecule has 5 heteroatoms. The zero-order chi connectivity index (χ0) is 8.55. The first-order valence-electron chi connectivity index (χ1n) is 3.35. The monoisotopic (exact) mass is 162 g/mol. The zero-order valence-electron chi connectivity index (χ0n) is 6.14. The van der Waals surface area contributed by atoms with Gasteiger partial charge in [0.15, 0.2) is 5.65 Å². The average Bonchev–Trinajstić information content (AvgIpc) is 2.49. The summed E-state index contributed by atoms with van der Waals surface area (Å²) in [6.07, 6.45) is 6.19. The molecule has 0 saturated carbocycles. The summed E-state index contributed by atoms with van der Waals surface area (Å²) in [5.74, 6) is -0.488. The highest BCUT2D eigenvalue weighted by molar-refractivity contribution is 5.92. The Labute approximate surface area is 67.9 Å². The molecule has 0 aliphatic carbocycles. The molecular formula is C7H6N4O. The molecule has 60 valence electrons. The van der Waals surface area contributed by atoms with Gasteiger partial charge < -0.3 is 5.73 Å². The van der Waals surface area contributed by atoms with E-state index in [4.69, 9.17) is 5.73 Å². The first-order valence-corrected chi connectivity index (χ1v) is 3.35. The second-order valence-electron chi connectivity index (χ2n) is 2.37. The summed E-state index contributed by atoms with van der Waals surface area (Å²) in [4.78, 5) is 18.5. The van der Waals surface area contributed by atoms with Crippen LogP contribution < -0.4 is 5.73 Å². The summed E-state index contributed by atoms with van der Waals surface area (Å²) in [5, 5.41) is 0. The molecular weight excluding hydrogens is 156 g/mol. The summed E-state index contributed by atoms with van der Waals surface area (Å²) in [5.41, 5.74) is 6.13. The van der Waals surface area contributed by atoms with Gasteiger partial charge in [-0.2, -0.15) is 0 Å². The lowest BCUT2D eigenvalue weighted by Gasteiger charge is -1.95. The number of rotatable bonds is 1. The highest BCUT2D eigenvalue weighted by Gasteiger charge is 2.01. The number of nitrogens with two attached hydrogens (primary N) is 1. The van der Waals surface area contributed by atoms with Crippen molar-refractivity contribution in [1.29, 1.82) is 0 Å². The molecule has 0 atom stereocenters. The number of fused-ring (bicyclic) bond motifs is 1. The van der Waals surface area contributed by atoms with Gasteiger partial charge in [0.05, 0.1) is 11.8 Å². The van der Waals surface area contributed by atoms with Crippen molar-refractivity contribution in [2.75, 3.05) is 0 Å². The fourth-order valence-corrected chi connectivity index (χ4v) is 0.943. The summed E-state index contributed by atoms with van der Waals surface area (Å²) in [6.45, 7) is 0. The van der Waals surface area contributed by atoms with Crippen molar-refractivity contribution < 1.29 is 4.79 Å². The van der Waals surface area contributed by atoms with Gasteiger partial charge in [0.25, 0.3) is 5.91 Å². The third-order valence-corrected chi connectivity index (χ3v) is 1.54. The number of imidazole rings is 1. The third kappa shape index (κ3) is 0.914. The Morgan fingerprint density at radius 1 is 1.50 bits per heavy atom. The third-order valence-electron chi connectivity index (χ3n) is 1.54. The van der Waals surface area contributed by atoms with Crippen LogP contribution in [0.3, 0.4) is 0 Å². The molecule has 1 amide bonds. The molecule has 2 rings (SSSR count). The number of aromatic nitrogens is 3. The van der Waals surface area contributed by atoms with Gasteiger partial charge in [0.1, 0.15) is 6.33 Å². The zero-order valence-corrected chi connectivity index (χ0v) is 6.14. The van der Waals surface area contributed by atoms with Crippen LogP contribution in [0, 0.1) is 0 Å². The highest BCUT2D eigenvalue weighted by atomic mass is 16.1. The van der Waals surface area contributed by atoms with Gasteiger partial charge in [-0.15, -0.1) is 0 Å². The van der Waals surface area contributed by atoms with Crippen molar-refractivity contribution in [2.24, 2.45) is 5.73 Å². The number of nitrogens with zero attached hydrogens (tertiary/aromatic N) is 3. The predicted octanol–water partition coefficient (Wildman–Crippen LogP) is -0.172. The van der Waals surface area contributed by atoms with Crippen LogP contribution in [0.2, 0.25) is 0 Å². The van der Waals surface area contributed by atoms with Crippen molar-refractivity contribution >= 4 is 11.6 Å². The molecule has 0 radical (unpaired) electrons. The maximum atomic E-state index is 10.7. The maximum absolute atomic E-state index is 10.7. The molecule has 0 aliphatic rings. The Balaban J connectivity index is 2.68. The molecule has 0 saturated heterocycles. The minimum absolute atomic E-state index is 0.375. The molecule has 0 aliphatic heterocycles. The van der Waals surface area contributed by atoms with E-state index in [1.54, 1.807) is 23.1 Å². The number of amides is 1. The van der Waals surface area contributed by atoms with Crippen molar-refractivity contribution in [3.8, 4) is 0 Å². The highest BCUT2D eigenvalue weighted by Crippen LogP contribution is 2.00. The fraction of sp³-hybridized carbons (Fsp3) is 0. The summed E-state index contributed by atoms with van der Waals surface area (Å²) in [6, 6.07) is 0. The number of carbonyl (C=O) groups is 1. The Morgan fingerprint density at radius 2 is 2.33 bits per heavy atom. The lowest BCUT2D eigenvalue weighted by Crippen LogP contribution is -2.12. The predicted molar refractivity (Wildman–Crippen MR) is 41.5 cm³/mol. The van der Waals surface area contributed by atoms with Crippen molar-refractivity contribution in [1.82, 2.24) is 14.4 Å². The number of primary amides is 1. The van der Waals surface area contributed by atoms with Crippen molar-refractivity contribution in [3.63, 3.8) is 0 Å². The normalized spacial score (nSPS) is 10.3. The minimum atomic E-state index is -0.488. The Morgan fingerprint density at radius 3 is 3.08 bits per heavy atom. The largest absolute Gasteiger partial charge is 0.366 e. The van der Waals surface area contributed by atoms with Crippen LogP contribution in [0.25, 0.3) is 5.65 Å². The lowest BCUT2D eigenvalue weighted by molar-refractivity contribution is 0.0999. The molecule has 2 aromatic rings. The van der Waals surface area contributed by atoms with Gasteiger partial charge in [0.2, 0.25) is 0 Å². The van der Waals surface area contributed by atoms with Gasteiger partial charge in [-0.1, -0.05) is 0 Å². The van der Waals surface area contributed by atoms with Crippen LogP contribution in [0.5, 0.6) is 0 Å². The average molecular weight is 162 g/mol. The molecule has 5 nitrogen and oxygen atoms in total. The SMILES string of the molecule is NC(=O)c1cnc2cncn2c1. The molecule has 0 unspecified atom stereocenters. The molecule has 12 heavy (non-hydrogen) atoms. The first kappa shape index (κ1) is 6.78. The van der Waals surface area contributed by atoms with Crippen LogP contribution in [-0.2, 0) is 0 Å². The van der Waals surface area contributed by atoms with Gasteiger partial charge in [-0.25, -0.2) is 9.97 Å². The summed E-state index contributed by atoms with van der Waals surface area (Å²) in [7, 11) is 0. The molecule has 2 heterocycles. The van der Waals surface area contributed by atoms with E-state index in [1.807, 2.05) is 0 Å². The van der Waals surface area contributed by atoms with E-state index in [0.29, 0.717) is 11.2 Å². The molecule has 2 N–H and O–H groups in total. The molecule has 2 aromatic heterocycles. The smallest absolute Gasteiger partial charge is 0.251 e. The Hall–Kier alpha value is -1.91. The van der Waals surface area contributed by atoms with Crippen LogP contribution in [-0.4, -0.2) is 20.3 Å². The molecule has 0 spiro atoms. The van der Waals surface area contributed by atoms with Gasteiger partial charge in [-0.3, -0.25) is 9.20 Å². The van der Waals surface area contributed by atoms with E-state index in [0.717, 1.165) is 0 Å². The second kappa shape index (κ2) is 2.30. The summed E-state index contributed by atoms with van der Waals surface area (Å²) >= 11 is 0. The lowest BCUT2D eigenvalue weighted by atomic mass is 10.3. The molecule has 0 bridgehead atoms. The topological polar surface area (TPSA) is 73.3 Å². The second-order valence-corrected chi connectivity index (χ2v) is 2.37. The Kier molecular flexibility index (Phi) is 1.30. The van der Waals surface area contributed by atoms with Crippen molar-refractivity contribution in [3.05, 3.63) is 30.5 Å². The van der Waals surface area contributed by atoms with Gasteiger partial charge >= 0.3 is 0 Å². The number of carbonyl (C=O) groups excluding carboxylic acids is 1. The molecule has 0 aromatic carbocycles. The van der Waals surface area contributed by atoms with E-state index >= 15 is 0 Å². The quantitative estimate of drug-likeness (QED) is 0.632. The van der Waals surface area contributed by atoms with E-state index < -0.39 is 5.91 Å². The number of hydrogen-bond acceptors (Lipinski definition) is 3. The molecule has 0 fully saturated rings. The van der Waals surface area contributed by atoms with Crippen LogP contribution in [0.15, 0.2) is 24.9 Å². The maximum Gasteiger partial charge on any atom is 0.251 e. The van der Waals surface area contributed by atoms with Crippen LogP contribution in [0.1, 0.15) is 10.4 Å². The van der Waals surface area contributed by atoms with Crippen LogP contribution >= 0.6 is 0 Å². The van der Waals surface area contributed by atoms with Gasteiger partial charge in [-0.05, 0) is 0 Å². The first-order chi connectivity index (χ1) is 5.77. The van der Waals surface area contributed by atoms with Crippen LogP contribution in [0.4, 0.5) is 0 Å². The van der Waals surface area contributed by atoms with E-state index in [-0.39, 0.29) is 0 Å².